The van der Waals surface area contributed by atoms with Gasteiger partial charge in [0.25, 0.3) is 0 Å². The summed E-state index contributed by atoms with van der Waals surface area (Å²) in [6, 6.07) is 2.44. The Kier molecular flexibility index (Phi) is 5.95. The molecule has 0 aliphatic carbocycles. The predicted octanol–water partition coefficient (Wildman–Crippen LogP) is 0.591. The fraction of sp³-hybridized carbons (Fsp3) is 0.214. The Morgan fingerprint density at radius 3 is 2.39 bits per heavy atom. The molecule has 0 fully saturated rings. The van der Waals surface area contributed by atoms with Crippen molar-refractivity contribution in [3.8, 4) is 17.2 Å². The van der Waals surface area contributed by atoms with E-state index < -0.39 is 41.9 Å². The number of phenolic OH excluding ortho intramolecular Hbond substituents is 2. The summed E-state index contributed by atoms with van der Waals surface area (Å²) in [5.41, 5.74) is 0.263. The monoisotopic (exact) mass is 326 g/mol. The van der Waals surface area contributed by atoms with Gasteiger partial charge >= 0.3 is 17.9 Å². The van der Waals surface area contributed by atoms with E-state index in [9.17, 15) is 24.6 Å². The van der Waals surface area contributed by atoms with Crippen molar-refractivity contribution in [2.75, 3.05) is 7.11 Å². The highest BCUT2D eigenvalue weighted by atomic mass is 16.6. The number of hydrogen-bond donors (Lipinski definition) is 4. The van der Waals surface area contributed by atoms with Crippen molar-refractivity contribution in [1.82, 2.24) is 0 Å². The van der Waals surface area contributed by atoms with E-state index in [0.29, 0.717) is 0 Å². The molecule has 0 aliphatic heterocycles. The topological polar surface area (TPSA) is 151 Å². The van der Waals surface area contributed by atoms with E-state index in [-0.39, 0.29) is 11.3 Å². The Morgan fingerprint density at radius 2 is 1.87 bits per heavy atom. The second kappa shape index (κ2) is 7.69. The molecule has 0 radical (unpaired) electrons. The Morgan fingerprint density at radius 1 is 1.22 bits per heavy atom. The SMILES string of the molecule is COc1cc(/C=C/C(=O)O[C@@H](CC(=O)O)C(=O)O)cc(O)c1O. The zero-order chi connectivity index (χ0) is 17.6. The summed E-state index contributed by atoms with van der Waals surface area (Å²) in [5, 5.41) is 36.2. The van der Waals surface area contributed by atoms with Crippen molar-refractivity contribution >= 4 is 24.0 Å². The molecule has 0 saturated heterocycles. The molecular formula is C14H14O9. The minimum Gasteiger partial charge on any atom is -0.504 e. The fourth-order valence-corrected chi connectivity index (χ4v) is 1.55. The molecule has 0 unspecified atom stereocenters. The first-order chi connectivity index (χ1) is 10.7. The molecule has 1 aromatic carbocycles. The lowest BCUT2D eigenvalue weighted by atomic mass is 10.1. The third-order valence-electron chi connectivity index (χ3n) is 2.60. The zero-order valence-electron chi connectivity index (χ0n) is 11.9. The highest BCUT2D eigenvalue weighted by Crippen LogP contribution is 2.36. The summed E-state index contributed by atoms with van der Waals surface area (Å²) in [6.45, 7) is 0. The van der Waals surface area contributed by atoms with Crippen LogP contribution in [-0.2, 0) is 19.1 Å². The molecule has 1 rings (SSSR count). The number of esters is 1. The molecule has 1 atom stereocenters. The van der Waals surface area contributed by atoms with Crippen LogP contribution in [0.25, 0.3) is 6.08 Å². The molecular weight excluding hydrogens is 312 g/mol. The van der Waals surface area contributed by atoms with E-state index in [4.69, 9.17) is 14.9 Å². The van der Waals surface area contributed by atoms with Crippen LogP contribution in [-0.4, -0.2) is 51.5 Å². The first kappa shape index (κ1) is 17.8. The standard InChI is InChI=1S/C14H14O9/c1-22-9-5-7(4-8(15)13(9)19)2-3-12(18)23-10(14(20)21)6-11(16)17/h2-5,10,15,19H,6H2,1H3,(H,16,17)(H,20,21)/b3-2+/t10-/m0/s1. The van der Waals surface area contributed by atoms with Gasteiger partial charge in [-0.05, 0) is 23.8 Å². The number of aliphatic carboxylic acids is 2. The van der Waals surface area contributed by atoms with E-state index in [1.807, 2.05) is 0 Å². The summed E-state index contributed by atoms with van der Waals surface area (Å²) in [5.74, 6) is -5.08. The van der Waals surface area contributed by atoms with Gasteiger partial charge in [0.15, 0.2) is 11.5 Å². The van der Waals surface area contributed by atoms with Gasteiger partial charge in [0.2, 0.25) is 11.9 Å². The van der Waals surface area contributed by atoms with Crippen LogP contribution in [0.5, 0.6) is 17.2 Å². The van der Waals surface area contributed by atoms with E-state index in [0.717, 1.165) is 12.1 Å². The second-order valence-corrected chi connectivity index (χ2v) is 4.29. The first-order valence-corrected chi connectivity index (χ1v) is 6.17. The van der Waals surface area contributed by atoms with Crippen LogP contribution in [0, 0.1) is 0 Å². The summed E-state index contributed by atoms with van der Waals surface area (Å²) in [6.07, 6.45) is -0.664. The number of carboxylic acid groups (broad SMARTS) is 2. The quantitative estimate of drug-likeness (QED) is 0.320. The number of carbonyl (C=O) groups excluding carboxylic acids is 1. The average molecular weight is 326 g/mol. The van der Waals surface area contributed by atoms with E-state index >= 15 is 0 Å². The number of carbonyl (C=O) groups is 3. The van der Waals surface area contributed by atoms with E-state index in [2.05, 4.69) is 4.74 Å². The highest BCUT2D eigenvalue weighted by Gasteiger charge is 2.24. The zero-order valence-corrected chi connectivity index (χ0v) is 11.9. The molecule has 0 saturated carbocycles. The molecule has 0 spiro atoms. The molecule has 23 heavy (non-hydrogen) atoms. The first-order valence-electron chi connectivity index (χ1n) is 6.17. The predicted molar refractivity (Wildman–Crippen MR) is 75.1 cm³/mol. The third-order valence-corrected chi connectivity index (χ3v) is 2.60. The third kappa shape index (κ3) is 5.23. The highest BCUT2D eigenvalue weighted by molar-refractivity contribution is 5.90. The van der Waals surface area contributed by atoms with Crippen LogP contribution in [0.4, 0.5) is 0 Å². The van der Waals surface area contributed by atoms with Crippen molar-refractivity contribution in [3.05, 3.63) is 23.8 Å². The molecule has 9 nitrogen and oxygen atoms in total. The smallest absolute Gasteiger partial charge is 0.345 e. The van der Waals surface area contributed by atoms with E-state index in [1.54, 1.807) is 0 Å². The summed E-state index contributed by atoms with van der Waals surface area (Å²) >= 11 is 0. The van der Waals surface area contributed by atoms with Gasteiger partial charge in [-0.3, -0.25) is 4.79 Å². The number of ether oxygens (including phenoxy) is 2. The summed E-state index contributed by atoms with van der Waals surface area (Å²) < 4.78 is 9.32. The van der Waals surface area contributed by atoms with Gasteiger partial charge in [0.05, 0.1) is 13.5 Å². The van der Waals surface area contributed by atoms with Gasteiger partial charge in [-0.1, -0.05) is 0 Å². The second-order valence-electron chi connectivity index (χ2n) is 4.29. The van der Waals surface area contributed by atoms with Crippen LogP contribution in [0.15, 0.2) is 18.2 Å². The van der Waals surface area contributed by atoms with Crippen LogP contribution in [0.1, 0.15) is 12.0 Å². The number of rotatable bonds is 7. The number of methoxy groups -OCH3 is 1. The maximum Gasteiger partial charge on any atom is 0.345 e. The average Bonchev–Trinajstić information content (AvgIpc) is 2.47. The van der Waals surface area contributed by atoms with E-state index in [1.165, 1.54) is 19.3 Å². The number of hydrogen-bond acceptors (Lipinski definition) is 7. The molecule has 0 heterocycles. The molecule has 4 N–H and O–H groups in total. The van der Waals surface area contributed by atoms with Gasteiger partial charge in [-0.2, -0.15) is 0 Å². The Balaban J connectivity index is 2.84. The van der Waals surface area contributed by atoms with Crippen molar-refractivity contribution in [1.29, 1.82) is 0 Å². The Hall–Kier alpha value is -3.23. The van der Waals surface area contributed by atoms with Crippen LogP contribution >= 0.6 is 0 Å². The fourth-order valence-electron chi connectivity index (χ4n) is 1.55. The largest absolute Gasteiger partial charge is 0.504 e. The van der Waals surface area contributed by atoms with Gasteiger partial charge in [-0.25, -0.2) is 9.59 Å². The maximum atomic E-state index is 11.5. The molecule has 124 valence electrons. The summed E-state index contributed by atoms with van der Waals surface area (Å²) in [4.78, 5) is 32.8. The number of phenols is 2. The molecule has 1 aromatic rings. The lowest BCUT2D eigenvalue weighted by Crippen LogP contribution is -2.28. The lowest BCUT2D eigenvalue weighted by Gasteiger charge is -2.09. The molecule has 9 heteroatoms. The van der Waals surface area contributed by atoms with Gasteiger partial charge in [0.1, 0.15) is 0 Å². The van der Waals surface area contributed by atoms with Crippen LogP contribution in [0.2, 0.25) is 0 Å². The normalized spacial score (nSPS) is 11.9. The Labute approximate surface area is 130 Å². The van der Waals surface area contributed by atoms with Crippen molar-refractivity contribution in [2.45, 2.75) is 12.5 Å². The summed E-state index contributed by atoms with van der Waals surface area (Å²) in [7, 11) is 1.26. The van der Waals surface area contributed by atoms with Crippen molar-refractivity contribution in [3.63, 3.8) is 0 Å². The molecule has 0 bridgehead atoms. The van der Waals surface area contributed by atoms with Crippen LogP contribution < -0.4 is 4.74 Å². The van der Waals surface area contributed by atoms with Crippen LogP contribution in [0.3, 0.4) is 0 Å². The lowest BCUT2D eigenvalue weighted by molar-refractivity contribution is -0.164. The van der Waals surface area contributed by atoms with Gasteiger partial charge in [-0.15, -0.1) is 0 Å². The Bertz CT molecular complexity index is 648. The van der Waals surface area contributed by atoms with Gasteiger partial charge in [0, 0.05) is 6.08 Å². The van der Waals surface area contributed by atoms with Crippen molar-refractivity contribution < 1.29 is 44.3 Å². The minimum absolute atomic E-state index is 0.0349. The van der Waals surface area contributed by atoms with Gasteiger partial charge < -0.3 is 29.9 Å². The minimum atomic E-state index is -1.81. The number of carboxylic acids is 2. The number of aromatic hydroxyl groups is 2. The maximum absolute atomic E-state index is 11.5. The van der Waals surface area contributed by atoms with Crippen molar-refractivity contribution in [2.24, 2.45) is 0 Å². The molecule has 0 aromatic heterocycles. The molecule has 0 aliphatic rings. The molecule has 0 amide bonds. The number of benzene rings is 1.